The molecule has 4 nitrogen and oxygen atoms in total. The Balaban J connectivity index is 2.28. The van der Waals surface area contributed by atoms with Gasteiger partial charge in [-0.25, -0.2) is 0 Å². The number of nitrogens with zero attached hydrogens (tertiary/aromatic N) is 2. The highest BCUT2D eigenvalue weighted by Crippen LogP contribution is 2.24. The number of hydrogen-bond donors (Lipinski definition) is 1. The molecule has 0 bridgehead atoms. The molecule has 1 aromatic heterocycles. The zero-order chi connectivity index (χ0) is 13.3. The summed E-state index contributed by atoms with van der Waals surface area (Å²) in [5.74, 6) is 0.702. The molecule has 0 atom stereocenters. The molecule has 5 heteroatoms. The summed E-state index contributed by atoms with van der Waals surface area (Å²) in [7, 11) is 1.61. The second kappa shape index (κ2) is 5.02. The van der Waals surface area contributed by atoms with Crippen LogP contribution in [0, 0.1) is 13.8 Å². The van der Waals surface area contributed by atoms with Crippen LogP contribution in [-0.2, 0) is 6.54 Å². The summed E-state index contributed by atoms with van der Waals surface area (Å²) in [5, 5.41) is 4.48. The van der Waals surface area contributed by atoms with E-state index < -0.39 is 0 Å². The van der Waals surface area contributed by atoms with Crippen LogP contribution in [0.1, 0.15) is 17.0 Å². The summed E-state index contributed by atoms with van der Waals surface area (Å²) in [6, 6.07) is 5.80. The number of aryl methyl sites for hydroxylation is 1. The molecule has 18 heavy (non-hydrogen) atoms. The van der Waals surface area contributed by atoms with Crippen molar-refractivity contribution in [3.63, 3.8) is 0 Å². The molecular weight excluding hydrogens is 294 g/mol. The molecule has 0 amide bonds. The Morgan fingerprint density at radius 3 is 2.61 bits per heavy atom. The number of nitrogen functional groups attached to an aromatic ring is 1. The second-order valence-electron chi connectivity index (χ2n) is 4.22. The van der Waals surface area contributed by atoms with Gasteiger partial charge in [-0.2, -0.15) is 5.10 Å². The third-order valence-electron chi connectivity index (χ3n) is 2.92. The molecule has 2 N–H and O–H groups in total. The number of halogens is 1. The molecule has 0 saturated heterocycles. The van der Waals surface area contributed by atoms with Gasteiger partial charge in [-0.1, -0.05) is 6.07 Å². The standard InChI is InChI=1S/C13H16BrN3O/c1-8-13(14)9(2)17(16-8)7-10-4-5-12(18-3)11(15)6-10/h4-6H,7,15H2,1-3H3. The minimum atomic E-state index is 0.649. The zero-order valence-electron chi connectivity index (χ0n) is 10.7. The van der Waals surface area contributed by atoms with Crippen LogP contribution in [0.4, 0.5) is 5.69 Å². The van der Waals surface area contributed by atoms with Gasteiger partial charge in [0.25, 0.3) is 0 Å². The van der Waals surface area contributed by atoms with E-state index in [-0.39, 0.29) is 0 Å². The average Bonchev–Trinajstić information content (AvgIpc) is 2.57. The number of ether oxygens (including phenoxy) is 1. The number of methoxy groups -OCH3 is 1. The summed E-state index contributed by atoms with van der Waals surface area (Å²) in [6.07, 6.45) is 0. The predicted molar refractivity (Wildman–Crippen MR) is 75.9 cm³/mol. The van der Waals surface area contributed by atoms with E-state index in [4.69, 9.17) is 10.5 Å². The highest BCUT2D eigenvalue weighted by Gasteiger charge is 2.09. The lowest BCUT2D eigenvalue weighted by Gasteiger charge is -2.08. The summed E-state index contributed by atoms with van der Waals surface area (Å²) in [5.41, 5.74) is 9.75. The third kappa shape index (κ3) is 2.36. The Morgan fingerprint density at radius 1 is 1.39 bits per heavy atom. The van der Waals surface area contributed by atoms with Crippen molar-refractivity contribution in [2.75, 3.05) is 12.8 Å². The predicted octanol–water partition coefficient (Wildman–Crippen LogP) is 2.90. The van der Waals surface area contributed by atoms with Gasteiger partial charge in [-0.3, -0.25) is 4.68 Å². The van der Waals surface area contributed by atoms with E-state index in [0.717, 1.165) is 21.4 Å². The van der Waals surface area contributed by atoms with E-state index in [1.165, 1.54) is 0 Å². The monoisotopic (exact) mass is 309 g/mol. The molecular formula is C13H16BrN3O. The first-order valence-electron chi connectivity index (χ1n) is 5.65. The van der Waals surface area contributed by atoms with E-state index >= 15 is 0 Å². The largest absolute Gasteiger partial charge is 0.495 e. The summed E-state index contributed by atoms with van der Waals surface area (Å²) in [6.45, 7) is 4.72. The maximum absolute atomic E-state index is 5.89. The minimum absolute atomic E-state index is 0.649. The maximum atomic E-state index is 5.89. The van der Waals surface area contributed by atoms with Gasteiger partial charge >= 0.3 is 0 Å². The van der Waals surface area contributed by atoms with Crippen molar-refractivity contribution >= 4 is 21.6 Å². The molecule has 1 aromatic carbocycles. The molecule has 0 fully saturated rings. The van der Waals surface area contributed by atoms with Crippen molar-refractivity contribution < 1.29 is 4.74 Å². The third-order valence-corrected chi connectivity index (χ3v) is 4.07. The van der Waals surface area contributed by atoms with Crippen molar-refractivity contribution in [3.8, 4) is 5.75 Å². The highest BCUT2D eigenvalue weighted by atomic mass is 79.9. The summed E-state index contributed by atoms with van der Waals surface area (Å²) >= 11 is 3.52. The molecule has 96 valence electrons. The molecule has 0 aliphatic heterocycles. The van der Waals surface area contributed by atoms with E-state index in [0.29, 0.717) is 18.0 Å². The van der Waals surface area contributed by atoms with E-state index in [9.17, 15) is 0 Å². The Morgan fingerprint density at radius 2 is 2.11 bits per heavy atom. The van der Waals surface area contributed by atoms with Crippen molar-refractivity contribution in [3.05, 3.63) is 39.6 Å². The first-order valence-corrected chi connectivity index (χ1v) is 6.44. The van der Waals surface area contributed by atoms with Gasteiger partial charge in [0.1, 0.15) is 5.75 Å². The van der Waals surface area contributed by atoms with Crippen LogP contribution in [0.5, 0.6) is 5.75 Å². The topological polar surface area (TPSA) is 53.1 Å². The van der Waals surface area contributed by atoms with Gasteiger partial charge in [0.15, 0.2) is 0 Å². The number of benzene rings is 1. The SMILES string of the molecule is COc1ccc(Cn2nc(C)c(Br)c2C)cc1N. The van der Waals surface area contributed by atoms with Crippen molar-refractivity contribution in [2.45, 2.75) is 20.4 Å². The molecule has 0 saturated carbocycles. The van der Waals surface area contributed by atoms with Gasteiger partial charge < -0.3 is 10.5 Å². The van der Waals surface area contributed by atoms with Crippen LogP contribution in [0.3, 0.4) is 0 Å². The lowest BCUT2D eigenvalue weighted by molar-refractivity contribution is 0.417. The van der Waals surface area contributed by atoms with Gasteiger partial charge in [-0.05, 0) is 47.5 Å². The van der Waals surface area contributed by atoms with Gasteiger partial charge in [0.2, 0.25) is 0 Å². The van der Waals surface area contributed by atoms with E-state index in [1.807, 2.05) is 36.7 Å². The fourth-order valence-corrected chi connectivity index (χ4v) is 2.17. The normalized spacial score (nSPS) is 10.7. The van der Waals surface area contributed by atoms with Crippen LogP contribution < -0.4 is 10.5 Å². The molecule has 0 aliphatic rings. The van der Waals surface area contributed by atoms with Gasteiger partial charge in [-0.15, -0.1) is 0 Å². The first-order chi connectivity index (χ1) is 8.52. The molecule has 0 spiro atoms. The summed E-state index contributed by atoms with van der Waals surface area (Å²) in [4.78, 5) is 0. The Bertz CT molecular complexity index is 578. The lowest BCUT2D eigenvalue weighted by Crippen LogP contribution is -2.05. The number of aromatic nitrogens is 2. The van der Waals surface area contributed by atoms with Gasteiger partial charge in [0.05, 0.1) is 35.2 Å². The van der Waals surface area contributed by atoms with Crippen molar-refractivity contribution in [1.82, 2.24) is 9.78 Å². The molecule has 2 rings (SSSR count). The fourth-order valence-electron chi connectivity index (χ4n) is 1.88. The first kappa shape index (κ1) is 13.0. The highest BCUT2D eigenvalue weighted by molar-refractivity contribution is 9.10. The quantitative estimate of drug-likeness (QED) is 0.887. The van der Waals surface area contributed by atoms with Crippen LogP contribution in [-0.4, -0.2) is 16.9 Å². The number of anilines is 1. The minimum Gasteiger partial charge on any atom is -0.495 e. The van der Waals surface area contributed by atoms with E-state index in [2.05, 4.69) is 21.0 Å². The average molecular weight is 310 g/mol. The molecule has 0 aliphatic carbocycles. The van der Waals surface area contributed by atoms with Crippen LogP contribution in [0.2, 0.25) is 0 Å². The molecule has 2 aromatic rings. The van der Waals surface area contributed by atoms with Crippen molar-refractivity contribution in [2.24, 2.45) is 0 Å². The lowest BCUT2D eigenvalue weighted by atomic mass is 10.2. The Labute approximate surface area is 115 Å². The molecule has 1 heterocycles. The van der Waals surface area contributed by atoms with Crippen LogP contribution in [0.25, 0.3) is 0 Å². The Hall–Kier alpha value is -1.49. The summed E-state index contributed by atoms with van der Waals surface area (Å²) < 4.78 is 8.16. The van der Waals surface area contributed by atoms with Crippen LogP contribution >= 0.6 is 15.9 Å². The molecule has 0 radical (unpaired) electrons. The number of rotatable bonds is 3. The van der Waals surface area contributed by atoms with E-state index in [1.54, 1.807) is 7.11 Å². The maximum Gasteiger partial charge on any atom is 0.141 e. The van der Waals surface area contributed by atoms with Crippen molar-refractivity contribution in [1.29, 1.82) is 0 Å². The zero-order valence-corrected chi connectivity index (χ0v) is 12.3. The second-order valence-corrected chi connectivity index (χ2v) is 5.01. The van der Waals surface area contributed by atoms with Gasteiger partial charge in [0, 0.05) is 0 Å². The number of nitrogens with two attached hydrogens (primary N) is 1. The van der Waals surface area contributed by atoms with Crippen LogP contribution in [0.15, 0.2) is 22.7 Å². The fraction of sp³-hybridized carbons (Fsp3) is 0.308. The molecule has 0 unspecified atom stereocenters. The smallest absolute Gasteiger partial charge is 0.141 e. The Kier molecular flexibility index (Phi) is 3.61. The number of hydrogen-bond acceptors (Lipinski definition) is 3.